The lowest BCUT2D eigenvalue weighted by Crippen LogP contribution is -2.09. The van der Waals surface area contributed by atoms with E-state index >= 15 is 0 Å². The summed E-state index contributed by atoms with van der Waals surface area (Å²) in [6.45, 7) is 6.51. The molecule has 0 aliphatic rings. The zero-order valence-electron chi connectivity index (χ0n) is 15.9. The molecule has 26 heavy (non-hydrogen) atoms. The van der Waals surface area contributed by atoms with Crippen LogP contribution in [0.25, 0.3) is 12.2 Å². The van der Waals surface area contributed by atoms with Gasteiger partial charge in [0.25, 0.3) is 0 Å². The first-order chi connectivity index (χ1) is 12.4. The van der Waals surface area contributed by atoms with Crippen LogP contribution in [-0.4, -0.2) is 5.11 Å². The van der Waals surface area contributed by atoms with Gasteiger partial charge >= 0.3 is 0 Å². The minimum Gasteiger partial charge on any atom is -0.508 e. The molecule has 0 aliphatic carbocycles. The van der Waals surface area contributed by atoms with Crippen LogP contribution in [0.4, 0.5) is 5.69 Å². The Balaban J connectivity index is 2.20. The monoisotopic (exact) mass is 347 g/mol. The molecule has 3 N–H and O–H groups in total. The molecule has 0 fully saturated rings. The first-order valence-electron chi connectivity index (χ1n) is 9.03. The Morgan fingerprint density at radius 1 is 0.923 bits per heavy atom. The van der Waals surface area contributed by atoms with Crippen LogP contribution < -0.4 is 5.73 Å². The van der Waals surface area contributed by atoms with Crippen molar-refractivity contribution in [1.82, 2.24) is 0 Å². The Bertz CT molecular complexity index is 720. The van der Waals surface area contributed by atoms with Gasteiger partial charge in [-0.25, -0.2) is 0 Å². The molecular weight excluding hydrogens is 318 g/mol. The Morgan fingerprint density at radius 3 is 1.92 bits per heavy atom. The van der Waals surface area contributed by atoms with E-state index < -0.39 is 0 Å². The van der Waals surface area contributed by atoms with E-state index in [4.69, 9.17) is 5.73 Å². The topological polar surface area (TPSA) is 46.2 Å². The molecule has 0 spiro atoms. The van der Waals surface area contributed by atoms with E-state index in [1.165, 1.54) is 5.57 Å². The third-order valence-electron chi connectivity index (χ3n) is 4.38. The lowest BCUT2D eigenvalue weighted by atomic mass is 9.83. The second kappa shape index (κ2) is 9.10. The second-order valence-electron chi connectivity index (χ2n) is 7.25. The summed E-state index contributed by atoms with van der Waals surface area (Å²) in [6.07, 6.45) is 13.1. The van der Waals surface area contributed by atoms with Crippen LogP contribution in [0.2, 0.25) is 0 Å². The van der Waals surface area contributed by atoms with Crippen molar-refractivity contribution in [1.29, 1.82) is 0 Å². The third kappa shape index (κ3) is 6.64. The number of benzene rings is 2. The quantitative estimate of drug-likeness (QED) is 0.446. The van der Waals surface area contributed by atoms with Crippen LogP contribution in [0.5, 0.6) is 5.75 Å². The van der Waals surface area contributed by atoms with Gasteiger partial charge in [0.1, 0.15) is 5.75 Å². The SMILES string of the molecule is CC(C)=CCC[C@@](C)(/C=C/c1ccc(N)cc1)/C=C/c1ccc(O)cc1. The summed E-state index contributed by atoms with van der Waals surface area (Å²) in [7, 11) is 0. The van der Waals surface area contributed by atoms with E-state index in [-0.39, 0.29) is 11.2 Å². The number of hydrogen-bond donors (Lipinski definition) is 2. The molecule has 2 aromatic carbocycles. The van der Waals surface area contributed by atoms with Gasteiger partial charge in [0.15, 0.2) is 0 Å². The fourth-order valence-electron chi connectivity index (χ4n) is 2.66. The zero-order chi connectivity index (χ0) is 19.0. The number of rotatable bonds is 7. The molecule has 0 unspecified atom stereocenters. The minimum atomic E-state index is -0.0643. The number of aromatic hydroxyl groups is 1. The minimum absolute atomic E-state index is 0.0643. The van der Waals surface area contributed by atoms with Gasteiger partial charge in [-0.15, -0.1) is 0 Å². The Labute approximate surface area is 157 Å². The van der Waals surface area contributed by atoms with E-state index in [1.54, 1.807) is 12.1 Å². The summed E-state index contributed by atoms with van der Waals surface area (Å²) in [4.78, 5) is 0. The standard InChI is InChI=1S/C24H29NO/c1-19(2)5-4-16-24(3,17-14-20-6-10-22(25)11-7-20)18-15-21-8-12-23(26)13-9-21/h5-15,17-18,26H,4,16,25H2,1-3H3/b17-14+,18-15+/t24-/m0/s1. The number of nitrogens with two attached hydrogens (primary N) is 1. The Kier molecular flexibility index (Phi) is 6.85. The molecule has 0 bridgehead atoms. The molecule has 0 aromatic heterocycles. The van der Waals surface area contributed by atoms with Gasteiger partial charge in [0.05, 0.1) is 0 Å². The molecule has 0 radical (unpaired) electrons. The zero-order valence-corrected chi connectivity index (χ0v) is 15.9. The lowest BCUT2D eigenvalue weighted by molar-refractivity contribution is 0.475. The van der Waals surface area contributed by atoms with Crippen molar-refractivity contribution in [2.75, 3.05) is 5.73 Å². The number of anilines is 1. The van der Waals surface area contributed by atoms with Gasteiger partial charge in [-0.05, 0) is 62.1 Å². The molecule has 0 amide bonds. The summed E-state index contributed by atoms with van der Waals surface area (Å²) in [6, 6.07) is 15.2. The lowest BCUT2D eigenvalue weighted by Gasteiger charge is -2.21. The summed E-state index contributed by atoms with van der Waals surface area (Å²) in [5, 5.41) is 9.43. The molecule has 0 saturated carbocycles. The summed E-state index contributed by atoms with van der Waals surface area (Å²) < 4.78 is 0. The Morgan fingerprint density at radius 2 is 1.42 bits per heavy atom. The highest BCUT2D eigenvalue weighted by molar-refractivity contribution is 5.56. The molecule has 0 aliphatic heterocycles. The molecular formula is C24H29NO. The highest BCUT2D eigenvalue weighted by Gasteiger charge is 2.16. The average Bonchev–Trinajstić information content (AvgIpc) is 2.61. The highest BCUT2D eigenvalue weighted by atomic mass is 16.3. The van der Waals surface area contributed by atoms with Crippen molar-refractivity contribution in [3.8, 4) is 5.75 Å². The average molecular weight is 348 g/mol. The van der Waals surface area contributed by atoms with Gasteiger partial charge in [-0.1, -0.05) is 67.1 Å². The van der Waals surface area contributed by atoms with E-state index in [0.717, 1.165) is 29.7 Å². The van der Waals surface area contributed by atoms with E-state index in [1.807, 2.05) is 36.4 Å². The van der Waals surface area contributed by atoms with Crippen LogP contribution >= 0.6 is 0 Å². The van der Waals surface area contributed by atoms with Crippen molar-refractivity contribution in [2.24, 2.45) is 5.41 Å². The predicted octanol–water partition coefficient (Wildman–Crippen LogP) is 6.45. The molecule has 0 saturated heterocycles. The number of phenols is 1. The highest BCUT2D eigenvalue weighted by Crippen LogP contribution is 2.30. The molecule has 2 aromatic rings. The fourth-order valence-corrected chi connectivity index (χ4v) is 2.66. The number of hydrogen-bond acceptors (Lipinski definition) is 2. The normalized spacial score (nSPS) is 13.8. The maximum atomic E-state index is 9.43. The van der Waals surface area contributed by atoms with Gasteiger partial charge in [0, 0.05) is 11.1 Å². The molecule has 0 heterocycles. The Hall–Kier alpha value is -2.74. The molecule has 2 nitrogen and oxygen atoms in total. The number of phenolic OH excluding ortho intramolecular Hbond substituents is 1. The van der Waals surface area contributed by atoms with Gasteiger partial charge < -0.3 is 10.8 Å². The molecule has 136 valence electrons. The van der Waals surface area contributed by atoms with Gasteiger partial charge in [-0.3, -0.25) is 0 Å². The van der Waals surface area contributed by atoms with E-state index in [0.29, 0.717) is 0 Å². The van der Waals surface area contributed by atoms with Crippen molar-refractivity contribution >= 4 is 17.8 Å². The second-order valence-corrected chi connectivity index (χ2v) is 7.25. The number of allylic oxidation sites excluding steroid dienone is 4. The molecule has 2 rings (SSSR count). The third-order valence-corrected chi connectivity index (χ3v) is 4.38. The van der Waals surface area contributed by atoms with Crippen LogP contribution in [0.3, 0.4) is 0 Å². The fraction of sp³-hybridized carbons (Fsp3) is 0.250. The van der Waals surface area contributed by atoms with Crippen molar-refractivity contribution in [2.45, 2.75) is 33.6 Å². The first-order valence-corrected chi connectivity index (χ1v) is 9.03. The van der Waals surface area contributed by atoms with Gasteiger partial charge in [0.2, 0.25) is 0 Å². The van der Waals surface area contributed by atoms with E-state index in [9.17, 15) is 5.11 Å². The van der Waals surface area contributed by atoms with Crippen molar-refractivity contribution in [3.05, 3.63) is 83.5 Å². The van der Waals surface area contributed by atoms with Crippen LogP contribution in [0.15, 0.2) is 72.3 Å². The number of nitrogen functional groups attached to an aromatic ring is 1. The van der Waals surface area contributed by atoms with Crippen molar-refractivity contribution in [3.63, 3.8) is 0 Å². The largest absolute Gasteiger partial charge is 0.508 e. The maximum Gasteiger partial charge on any atom is 0.115 e. The van der Waals surface area contributed by atoms with Crippen LogP contribution in [0, 0.1) is 5.41 Å². The van der Waals surface area contributed by atoms with Crippen LogP contribution in [0.1, 0.15) is 44.7 Å². The van der Waals surface area contributed by atoms with Gasteiger partial charge in [-0.2, -0.15) is 0 Å². The van der Waals surface area contributed by atoms with Crippen LogP contribution in [-0.2, 0) is 0 Å². The van der Waals surface area contributed by atoms with Crippen molar-refractivity contribution < 1.29 is 5.11 Å². The molecule has 1 atom stereocenters. The molecule has 2 heteroatoms. The maximum absolute atomic E-state index is 9.43. The summed E-state index contributed by atoms with van der Waals surface area (Å²) in [5.74, 6) is 0.289. The summed E-state index contributed by atoms with van der Waals surface area (Å²) in [5.41, 5.74) is 10.0. The first kappa shape index (κ1) is 19.6. The smallest absolute Gasteiger partial charge is 0.115 e. The predicted molar refractivity (Wildman–Crippen MR) is 114 cm³/mol. The summed E-state index contributed by atoms with van der Waals surface area (Å²) >= 11 is 0. The van der Waals surface area contributed by atoms with E-state index in [2.05, 4.69) is 51.2 Å².